The third-order valence-corrected chi connectivity index (χ3v) is 1.05. The van der Waals surface area contributed by atoms with Crippen molar-refractivity contribution in [2.75, 3.05) is 5.88 Å². The Labute approximate surface area is 69.3 Å². The largest absolute Gasteiger partial charge is 0.429 e. The van der Waals surface area contributed by atoms with E-state index in [2.05, 4.69) is 4.18 Å². The maximum Gasteiger partial charge on any atom is 0.429 e. The third-order valence-electron chi connectivity index (χ3n) is 0.510. The zero-order chi connectivity index (χ0) is 8.85. The average molecular weight is 202 g/mol. The molecule has 0 bridgehead atoms. The van der Waals surface area contributed by atoms with E-state index in [0.717, 1.165) is 0 Å². The first-order valence-corrected chi connectivity index (χ1v) is 3.82. The van der Waals surface area contributed by atoms with E-state index in [1.165, 1.54) is 0 Å². The molecule has 0 aromatic rings. The lowest BCUT2D eigenvalue weighted by atomic mass is 10.7. The molecule has 8 heteroatoms. The van der Waals surface area contributed by atoms with Gasteiger partial charge in [-0.2, -0.15) is 4.21 Å². The van der Waals surface area contributed by atoms with Gasteiger partial charge in [-0.1, -0.05) is 0 Å². The first-order chi connectivity index (χ1) is 5.06. The fourth-order valence-corrected chi connectivity index (χ4v) is 0.471. The number of hydrogen-bond donors (Lipinski definition) is 2. The molecule has 0 aromatic carbocycles. The van der Waals surface area contributed by atoms with E-state index in [4.69, 9.17) is 16.2 Å². The second-order valence-electron chi connectivity index (χ2n) is 1.27. The summed E-state index contributed by atoms with van der Waals surface area (Å²) in [7, 11) is 0. The Balaban J connectivity index is 3.70. The predicted octanol–water partition coefficient (Wildman–Crippen LogP) is -0.385. The highest BCUT2D eigenvalue weighted by Crippen LogP contribution is 1.82. The number of rotatable bonds is 2. The van der Waals surface area contributed by atoms with Crippen LogP contribution in [0.4, 0.5) is 4.79 Å². The number of halogens is 1. The molecule has 0 aliphatic rings. The lowest BCUT2D eigenvalue weighted by molar-refractivity contribution is -0.117. The maximum atomic E-state index is 10.3. The second-order valence-corrected chi connectivity index (χ2v) is 2.14. The summed E-state index contributed by atoms with van der Waals surface area (Å²) in [6, 6.07) is 0. The standard InChI is InChI=1S/C3H4ClNO5S/c4-1-2(6)5-3(7)10-11(8)9/h1H2,(H,8,9)(H,5,6,7). The van der Waals surface area contributed by atoms with Crippen LogP contribution in [0, 0.1) is 0 Å². The topological polar surface area (TPSA) is 92.7 Å². The van der Waals surface area contributed by atoms with Gasteiger partial charge in [-0.05, 0) is 0 Å². The summed E-state index contributed by atoms with van der Waals surface area (Å²) in [6.07, 6.45) is -1.31. The van der Waals surface area contributed by atoms with Crippen molar-refractivity contribution in [3.8, 4) is 0 Å². The molecule has 0 rings (SSSR count). The van der Waals surface area contributed by atoms with E-state index in [-0.39, 0.29) is 0 Å². The zero-order valence-corrected chi connectivity index (χ0v) is 6.65. The summed E-state index contributed by atoms with van der Waals surface area (Å²) in [5.41, 5.74) is 0. The predicted molar refractivity (Wildman–Crippen MR) is 36.1 cm³/mol. The first kappa shape index (κ1) is 10.3. The van der Waals surface area contributed by atoms with Crippen molar-refractivity contribution in [1.82, 2.24) is 5.32 Å². The molecule has 2 N–H and O–H groups in total. The fourth-order valence-electron chi connectivity index (χ4n) is 0.233. The van der Waals surface area contributed by atoms with Gasteiger partial charge < -0.3 is 4.18 Å². The number of carbonyl (C=O) groups excluding carboxylic acids is 2. The van der Waals surface area contributed by atoms with Crippen molar-refractivity contribution in [3.63, 3.8) is 0 Å². The minimum atomic E-state index is -2.72. The highest BCUT2D eigenvalue weighted by Gasteiger charge is 2.09. The summed E-state index contributed by atoms with van der Waals surface area (Å²) >= 11 is 2.25. The van der Waals surface area contributed by atoms with Crippen LogP contribution < -0.4 is 5.32 Å². The monoisotopic (exact) mass is 201 g/mol. The minimum absolute atomic E-state index is 0.423. The number of alkyl halides is 1. The van der Waals surface area contributed by atoms with Crippen LogP contribution in [0.15, 0.2) is 0 Å². The molecule has 0 saturated heterocycles. The van der Waals surface area contributed by atoms with Crippen molar-refractivity contribution in [1.29, 1.82) is 0 Å². The smallest absolute Gasteiger partial charge is 0.325 e. The Morgan fingerprint density at radius 1 is 1.64 bits per heavy atom. The molecule has 0 radical (unpaired) electrons. The van der Waals surface area contributed by atoms with E-state index >= 15 is 0 Å². The van der Waals surface area contributed by atoms with E-state index in [0.29, 0.717) is 0 Å². The van der Waals surface area contributed by atoms with Crippen molar-refractivity contribution >= 4 is 35.0 Å². The van der Waals surface area contributed by atoms with Gasteiger partial charge in [-0.25, -0.2) is 4.79 Å². The van der Waals surface area contributed by atoms with Crippen LogP contribution >= 0.6 is 11.6 Å². The number of imide groups is 1. The van der Waals surface area contributed by atoms with Crippen molar-refractivity contribution in [2.24, 2.45) is 0 Å². The van der Waals surface area contributed by atoms with Crippen LogP contribution in [-0.4, -0.2) is 26.6 Å². The molecule has 64 valence electrons. The number of hydrogen-bond acceptors (Lipinski definition) is 4. The summed E-state index contributed by atoms with van der Waals surface area (Å²) < 4.78 is 21.3. The van der Waals surface area contributed by atoms with Crippen LogP contribution in [-0.2, 0) is 20.3 Å². The first-order valence-electron chi connectivity index (χ1n) is 2.25. The lowest BCUT2D eigenvalue weighted by Crippen LogP contribution is -2.32. The molecular formula is C3H4ClNO5S. The molecule has 1 atom stereocenters. The zero-order valence-electron chi connectivity index (χ0n) is 5.07. The molecular weight excluding hydrogens is 198 g/mol. The SMILES string of the molecule is O=C(CCl)NC(=O)OS(=O)O. The van der Waals surface area contributed by atoms with Crippen LogP contribution in [0.5, 0.6) is 0 Å². The van der Waals surface area contributed by atoms with Gasteiger partial charge >= 0.3 is 17.5 Å². The Hall–Kier alpha value is -0.660. The molecule has 0 aliphatic carbocycles. The van der Waals surface area contributed by atoms with Gasteiger partial charge in [-0.3, -0.25) is 14.7 Å². The van der Waals surface area contributed by atoms with E-state index in [1.807, 2.05) is 0 Å². The Bertz CT molecular complexity index is 194. The molecule has 0 heterocycles. The molecule has 0 aliphatic heterocycles. The second kappa shape index (κ2) is 5.05. The van der Waals surface area contributed by atoms with Crippen molar-refractivity contribution in [2.45, 2.75) is 0 Å². The van der Waals surface area contributed by atoms with Crippen LogP contribution in [0.25, 0.3) is 0 Å². The van der Waals surface area contributed by atoms with Gasteiger partial charge in [0.15, 0.2) is 0 Å². The summed E-state index contributed by atoms with van der Waals surface area (Å²) in [5, 5.41) is 1.58. The molecule has 2 amide bonds. The highest BCUT2D eigenvalue weighted by atomic mass is 35.5. The summed E-state index contributed by atoms with van der Waals surface area (Å²) in [6.45, 7) is 0. The highest BCUT2D eigenvalue weighted by molar-refractivity contribution is 7.74. The van der Waals surface area contributed by atoms with Crippen molar-refractivity contribution in [3.05, 3.63) is 0 Å². The number of nitrogens with one attached hydrogen (secondary N) is 1. The normalized spacial score (nSPS) is 11.8. The molecule has 11 heavy (non-hydrogen) atoms. The molecule has 6 nitrogen and oxygen atoms in total. The fraction of sp³-hybridized carbons (Fsp3) is 0.333. The quantitative estimate of drug-likeness (QED) is 0.469. The van der Waals surface area contributed by atoms with Gasteiger partial charge in [0.25, 0.3) is 0 Å². The molecule has 0 spiro atoms. The Morgan fingerprint density at radius 3 is 2.55 bits per heavy atom. The molecule has 0 saturated carbocycles. The van der Waals surface area contributed by atoms with Crippen molar-refractivity contribution < 1.29 is 22.5 Å². The van der Waals surface area contributed by atoms with Gasteiger partial charge in [-0.15, -0.1) is 11.6 Å². The van der Waals surface area contributed by atoms with E-state index < -0.39 is 29.2 Å². The maximum absolute atomic E-state index is 10.3. The summed E-state index contributed by atoms with van der Waals surface area (Å²) in [5.74, 6) is -1.23. The van der Waals surface area contributed by atoms with Gasteiger partial charge in [0, 0.05) is 0 Å². The number of amides is 2. The van der Waals surface area contributed by atoms with Crippen LogP contribution in [0.3, 0.4) is 0 Å². The summed E-state index contributed by atoms with van der Waals surface area (Å²) in [4.78, 5) is 20.5. The van der Waals surface area contributed by atoms with Gasteiger partial charge in [0.2, 0.25) is 5.91 Å². The van der Waals surface area contributed by atoms with E-state index in [1.54, 1.807) is 5.32 Å². The number of carbonyl (C=O) groups is 2. The molecule has 1 unspecified atom stereocenters. The molecule has 0 fully saturated rings. The van der Waals surface area contributed by atoms with Gasteiger partial charge in [0.05, 0.1) is 0 Å². The lowest BCUT2D eigenvalue weighted by Gasteiger charge is -1.97. The molecule has 0 aromatic heterocycles. The van der Waals surface area contributed by atoms with Gasteiger partial charge in [0.1, 0.15) is 5.88 Å². The average Bonchev–Trinajstić information content (AvgIpc) is 1.85. The van der Waals surface area contributed by atoms with Crippen LogP contribution in [0.1, 0.15) is 0 Å². The third kappa shape index (κ3) is 5.77. The van der Waals surface area contributed by atoms with E-state index in [9.17, 15) is 13.8 Å². The Kier molecular flexibility index (Phi) is 4.75. The van der Waals surface area contributed by atoms with Crippen LogP contribution in [0.2, 0.25) is 0 Å². The minimum Gasteiger partial charge on any atom is -0.325 e. The Morgan fingerprint density at radius 2 is 2.18 bits per heavy atom.